The minimum Gasteiger partial charge on any atom is -0.496 e. The van der Waals surface area contributed by atoms with E-state index in [0.29, 0.717) is 33.9 Å². The summed E-state index contributed by atoms with van der Waals surface area (Å²) in [5.74, 6) is 1.71. The molecule has 0 bridgehead atoms. The van der Waals surface area contributed by atoms with Crippen molar-refractivity contribution in [2.45, 2.75) is 19.9 Å². The molecule has 0 atom stereocenters. The standard InChI is InChI=1S/C24H23N3O5/c1-12(2)27-24-16(11-25-27)21(15-9-19(30-4)20(31-5)10-17(15)29-3)23-22(26-24)14-7-6-13(28)8-18(14)32-23/h6-12,25H,1-5H3. The van der Waals surface area contributed by atoms with Gasteiger partial charge in [0, 0.05) is 46.3 Å². The number of aromatic nitrogens is 3. The number of furan rings is 1. The van der Waals surface area contributed by atoms with E-state index >= 15 is 0 Å². The Bertz CT molecular complexity index is 1540. The molecule has 0 aliphatic rings. The zero-order valence-electron chi connectivity index (χ0n) is 18.5. The van der Waals surface area contributed by atoms with Crippen LogP contribution in [-0.2, 0) is 0 Å². The lowest BCUT2D eigenvalue weighted by molar-refractivity contribution is 0.349. The second kappa shape index (κ2) is 7.33. The summed E-state index contributed by atoms with van der Waals surface area (Å²) in [6.45, 7) is 4.16. The van der Waals surface area contributed by atoms with Crippen LogP contribution < -0.4 is 19.6 Å². The summed E-state index contributed by atoms with van der Waals surface area (Å²) in [5, 5.41) is 4.94. The Balaban J connectivity index is 1.99. The summed E-state index contributed by atoms with van der Waals surface area (Å²) in [5.41, 5.74) is 3.95. The number of ether oxygens (including phenoxy) is 3. The van der Waals surface area contributed by atoms with Gasteiger partial charge in [-0.2, -0.15) is 0 Å². The number of hydrogen-bond acceptors (Lipinski definition) is 6. The van der Waals surface area contributed by atoms with Gasteiger partial charge in [-0.1, -0.05) is 0 Å². The number of nitrogens with one attached hydrogen (secondary N) is 1. The first-order valence-electron chi connectivity index (χ1n) is 10.2. The van der Waals surface area contributed by atoms with Crippen molar-refractivity contribution in [1.82, 2.24) is 14.8 Å². The summed E-state index contributed by atoms with van der Waals surface area (Å²) in [4.78, 5) is 16.9. The number of nitrogens with zero attached hydrogens (tertiary/aromatic N) is 2. The molecule has 0 radical (unpaired) electrons. The third-order valence-corrected chi connectivity index (χ3v) is 5.66. The van der Waals surface area contributed by atoms with Gasteiger partial charge in [-0.15, -0.1) is 0 Å². The fraction of sp³-hybridized carbons (Fsp3) is 0.250. The van der Waals surface area contributed by atoms with Crippen molar-refractivity contribution >= 4 is 33.1 Å². The molecule has 0 saturated carbocycles. The van der Waals surface area contributed by atoms with E-state index in [9.17, 15) is 4.79 Å². The second-order valence-corrected chi connectivity index (χ2v) is 7.81. The molecular weight excluding hydrogens is 410 g/mol. The van der Waals surface area contributed by atoms with Crippen LogP contribution >= 0.6 is 0 Å². The Morgan fingerprint density at radius 3 is 2.38 bits per heavy atom. The number of hydrogen-bond donors (Lipinski definition) is 1. The molecule has 8 heteroatoms. The molecule has 0 saturated heterocycles. The molecule has 2 aromatic carbocycles. The maximum atomic E-state index is 12.0. The van der Waals surface area contributed by atoms with E-state index in [1.54, 1.807) is 33.5 Å². The minimum atomic E-state index is -0.119. The first-order chi connectivity index (χ1) is 15.5. The van der Waals surface area contributed by atoms with E-state index < -0.39 is 0 Å². The van der Waals surface area contributed by atoms with Crippen LogP contribution in [0, 0.1) is 0 Å². The lowest BCUT2D eigenvalue weighted by Crippen LogP contribution is -2.03. The Morgan fingerprint density at radius 2 is 1.69 bits per heavy atom. The van der Waals surface area contributed by atoms with Crippen LogP contribution in [0.1, 0.15) is 19.9 Å². The summed E-state index contributed by atoms with van der Waals surface area (Å²) in [6, 6.07) is 8.57. The zero-order valence-corrected chi connectivity index (χ0v) is 18.5. The predicted octanol–water partition coefficient (Wildman–Crippen LogP) is 4.90. The molecule has 8 nitrogen and oxygen atoms in total. The number of H-pyrrole nitrogens is 1. The molecular formula is C24H23N3O5. The van der Waals surface area contributed by atoms with Gasteiger partial charge in [0.25, 0.3) is 0 Å². The molecule has 0 amide bonds. The molecule has 0 aliphatic heterocycles. The van der Waals surface area contributed by atoms with E-state index in [-0.39, 0.29) is 11.5 Å². The van der Waals surface area contributed by atoms with Gasteiger partial charge in [0.2, 0.25) is 0 Å². The molecule has 0 aliphatic carbocycles. The molecule has 3 aromatic heterocycles. The molecule has 164 valence electrons. The van der Waals surface area contributed by atoms with Crippen LogP contribution in [0.15, 0.2) is 45.7 Å². The van der Waals surface area contributed by atoms with Crippen molar-refractivity contribution in [3.8, 4) is 28.4 Å². The average molecular weight is 433 g/mol. The molecule has 5 aromatic rings. The third kappa shape index (κ3) is 2.83. The van der Waals surface area contributed by atoms with Gasteiger partial charge in [0.15, 0.2) is 28.2 Å². The van der Waals surface area contributed by atoms with E-state index in [0.717, 1.165) is 27.5 Å². The highest BCUT2D eigenvalue weighted by molar-refractivity contribution is 6.15. The van der Waals surface area contributed by atoms with Crippen LogP contribution in [0.2, 0.25) is 0 Å². The minimum absolute atomic E-state index is 0.119. The Hall–Kier alpha value is -3.94. The highest BCUT2D eigenvalue weighted by Crippen LogP contribution is 2.46. The molecule has 5 rings (SSSR count). The Morgan fingerprint density at radius 1 is 0.969 bits per heavy atom. The normalized spacial score (nSPS) is 11.7. The van der Waals surface area contributed by atoms with Crippen molar-refractivity contribution in [2.75, 3.05) is 21.3 Å². The van der Waals surface area contributed by atoms with Gasteiger partial charge < -0.3 is 23.7 Å². The van der Waals surface area contributed by atoms with Gasteiger partial charge in [-0.05, 0) is 32.0 Å². The van der Waals surface area contributed by atoms with Crippen LogP contribution in [0.5, 0.6) is 17.2 Å². The fourth-order valence-corrected chi connectivity index (χ4v) is 4.15. The molecule has 1 N–H and O–H groups in total. The molecule has 0 unspecified atom stereocenters. The van der Waals surface area contributed by atoms with Gasteiger partial charge in [-0.3, -0.25) is 9.48 Å². The predicted molar refractivity (Wildman–Crippen MR) is 123 cm³/mol. The average Bonchev–Trinajstić information content (AvgIpc) is 3.37. The number of fused-ring (bicyclic) bond motifs is 4. The molecule has 0 fully saturated rings. The monoisotopic (exact) mass is 433 g/mol. The van der Waals surface area contributed by atoms with Crippen LogP contribution in [0.3, 0.4) is 0 Å². The van der Waals surface area contributed by atoms with Gasteiger partial charge in [0.1, 0.15) is 16.8 Å². The topological polar surface area (TPSA) is 91.5 Å². The fourth-order valence-electron chi connectivity index (χ4n) is 4.15. The lowest BCUT2D eigenvalue weighted by atomic mass is 10.00. The molecule has 32 heavy (non-hydrogen) atoms. The van der Waals surface area contributed by atoms with Crippen LogP contribution in [0.4, 0.5) is 0 Å². The van der Waals surface area contributed by atoms with Crippen molar-refractivity contribution < 1.29 is 18.6 Å². The first-order valence-corrected chi connectivity index (χ1v) is 10.2. The third-order valence-electron chi connectivity index (χ3n) is 5.66. The highest BCUT2D eigenvalue weighted by Gasteiger charge is 2.24. The Labute approximate surface area is 183 Å². The van der Waals surface area contributed by atoms with Crippen LogP contribution in [0.25, 0.3) is 44.2 Å². The van der Waals surface area contributed by atoms with E-state index in [4.69, 9.17) is 23.6 Å². The highest BCUT2D eigenvalue weighted by atomic mass is 16.5. The number of methoxy groups -OCH3 is 3. The van der Waals surface area contributed by atoms with Crippen molar-refractivity contribution in [1.29, 1.82) is 0 Å². The van der Waals surface area contributed by atoms with E-state index in [1.165, 1.54) is 12.1 Å². The van der Waals surface area contributed by atoms with Crippen molar-refractivity contribution in [3.63, 3.8) is 0 Å². The summed E-state index contributed by atoms with van der Waals surface area (Å²) in [7, 11) is 4.77. The summed E-state index contributed by atoms with van der Waals surface area (Å²) < 4.78 is 24.9. The molecule has 0 spiro atoms. The second-order valence-electron chi connectivity index (χ2n) is 7.81. The number of rotatable bonds is 5. The van der Waals surface area contributed by atoms with Crippen molar-refractivity contribution in [2.24, 2.45) is 0 Å². The maximum Gasteiger partial charge on any atom is 0.182 e. The molecule has 3 heterocycles. The smallest absolute Gasteiger partial charge is 0.182 e. The summed E-state index contributed by atoms with van der Waals surface area (Å²) in [6.07, 6.45) is 1.90. The van der Waals surface area contributed by atoms with Crippen LogP contribution in [-0.4, -0.2) is 36.1 Å². The number of pyridine rings is 1. The number of aromatic amines is 1. The van der Waals surface area contributed by atoms with Gasteiger partial charge in [0.05, 0.1) is 21.3 Å². The zero-order chi connectivity index (χ0) is 22.6. The van der Waals surface area contributed by atoms with E-state index in [2.05, 4.69) is 18.9 Å². The number of benzene rings is 2. The quantitative estimate of drug-likeness (QED) is 0.424. The Kier molecular flexibility index (Phi) is 4.58. The maximum absolute atomic E-state index is 12.0. The largest absolute Gasteiger partial charge is 0.496 e. The summed E-state index contributed by atoms with van der Waals surface area (Å²) >= 11 is 0. The van der Waals surface area contributed by atoms with Crippen molar-refractivity contribution in [3.05, 3.63) is 46.8 Å². The SMILES string of the molecule is COc1cc(OC)c(-c2c3c[nH]n(C(C)C)c3nc3c2oc2cc(=O)ccc23)cc1OC. The first kappa shape index (κ1) is 20.0. The lowest BCUT2D eigenvalue weighted by Gasteiger charge is -2.15. The van der Waals surface area contributed by atoms with Gasteiger partial charge >= 0.3 is 0 Å². The van der Waals surface area contributed by atoms with Gasteiger partial charge in [-0.25, -0.2) is 4.98 Å². The van der Waals surface area contributed by atoms with E-state index in [1.807, 2.05) is 16.9 Å².